The van der Waals surface area contributed by atoms with Gasteiger partial charge in [-0.1, -0.05) is 31.5 Å². The summed E-state index contributed by atoms with van der Waals surface area (Å²) < 4.78 is 0. The monoisotopic (exact) mass is 203 g/mol. The quantitative estimate of drug-likeness (QED) is 0.747. The van der Waals surface area contributed by atoms with E-state index in [9.17, 15) is 4.79 Å². The third-order valence-corrected chi connectivity index (χ3v) is 3.43. The fraction of sp³-hybridized carbons (Fsp3) is 0.462. The lowest BCUT2D eigenvalue weighted by Gasteiger charge is -2.35. The van der Waals surface area contributed by atoms with Crippen LogP contribution in [0.15, 0.2) is 18.2 Å². The fourth-order valence-electron chi connectivity index (χ4n) is 2.23. The highest BCUT2D eigenvalue weighted by Gasteiger charge is 2.34. The first kappa shape index (κ1) is 10.2. The van der Waals surface area contributed by atoms with Gasteiger partial charge in [0.25, 0.3) is 0 Å². The van der Waals surface area contributed by atoms with E-state index < -0.39 is 0 Å². The van der Waals surface area contributed by atoms with E-state index in [0.717, 1.165) is 12.1 Å². The molecule has 1 amide bonds. The molecule has 2 rings (SSSR count). The Bertz CT molecular complexity index is 411. The molecule has 1 unspecified atom stereocenters. The van der Waals surface area contributed by atoms with E-state index >= 15 is 0 Å². The number of anilines is 1. The minimum absolute atomic E-state index is 0.00366. The molecular weight excluding hydrogens is 186 g/mol. The van der Waals surface area contributed by atoms with E-state index in [1.165, 1.54) is 11.1 Å². The van der Waals surface area contributed by atoms with Gasteiger partial charge >= 0.3 is 0 Å². The first-order valence-electron chi connectivity index (χ1n) is 5.46. The van der Waals surface area contributed by atoms with Gasteiger partial charge in [-0.05, 0) is 25.0 Å². The number of fused-ring (bicyclic) bond motifs is 1. The van der Waals surface area contributed by atoms with Crippen LogP contribution in [0.25, 0.3) is 0 Å². The predicted octanol–water partition coefficient (Wildman–Crippen LogP) is 3.00. The lowest BCUT2D eigenvalue weighted by molar-refractivity contribution is -0.117. The van der Waals surface area contributed by atoms with Crippen LogP contribution in [0.3, 0.4) is 0 Å². The van der Waals surface area contributed by atoms with Crippen molar-refractivity contribution in [3.63, 3.8) is 0 Å². The van der Waals surface area contributed by atoms with Crippen LogP contribution in [0.2, 0.25) is 0 Å². The highest BCUT2D eigenvalue weighted by atomic mass is 16.1. The maximum Gasteiger partial charge on any atom is 0.225 e. The standard InChI is InChI=1S/C13H17NO/c1-4-13(3)8-12(15)14-11-6-5-9(2)7-10(11)13/h5-7H,4,8H2,1-3H3,(H,14,15). The molecule has 2 heteroatoms. The van der Waals surface area contributed by atoms with Crippen molar-refractivity contribution in [3.05, 3.63) is 29.3 Å². The highest BCUT2D eigenvalue weighted by molar-refractivity contribution is 5.95. The number of benzene rings is 1. The Kier molecular flexibility index (Phi) is 2.29. The number of aryl methyl sites for hydroxylation is 1. The summed E-state index contributed by atoms with van der Waals surface area (Å²) >= 11 is 0. The van der Waals surface area contributed by atoms with Gasteiger partial charge in [0, 0.05) is 17.5 Å². The normalized spacial score (nSPS) is 24.6. The van der Waals surface area contributed by atoms with Crippen LogP contribution in [0, 0.1) is 6.92 Å². The maximum absolute atomic E-state index is 11.6. The minimum atomic E-state index is 0.00366. The molecule has 1 aromatic rings. The summed E-state index contributed by atoms with van der Waals surface area (Å²) in [6.07, 6.45) is 1.59. The number of carbonyl (C=O) groups excluding carboxylic acids is 1. The predicted molar refractivity (Wildman–Crippen MR) is 62.1 cm³/mol. The zero-order valence-electron chi connectivity index (χ0n) is 9.55. The number of rotatable bonds is 1. The first-order valence-corrected chi connectivity index (χ1v) is 5.46. The van der Waals surface area contributed by atoms with Crippen molar-refractivity contribution in [1.82, 2.24) is 0 Å². The average molecular weight is 203 g/mol. The second-order valence-electron chi connectivity index (χ2n) is 4.69. The Labute approximate surface area is 90.7 Å². The summed E-state index contributed by atoms with van der Waals surface area (Å²) in [5.41, 5.74) is 3.53. The molecule has 2 nitrogen and oxygen atoms in total. The zero-order valence-corrected chi connectivity index (χ0v) is 9.55. The number of amides is 1. The van der Waals surface area contributed by atoms with Crippen LogP contribution in [0.4, 0.5) is 5.69 Å². The van der Waals surface area contributed by atoms with Gasteiger partial charge < -0.3 is 5.32 Å². The van der Waals surface area contributed by atoms with Gasteiger partial charge in [0.2, 0.25) is 5.91 Å². The lowest BCUT2D eigenvalue weighted by atomic mass is 9.74. The van der Waals surface area contributed by atoms with Crippen molar-refractivity contribution in [1.29, 1.82) is 0 Å². The molecular formula is C13H17NO. The topological polar surface area (TPSA) is 29.1 Å². The maximum atomic E-state index is 11.6. The Morgan fingerprint density at radius 2 is 2.20 bits per heavy atom. The van der Waals surface area contributed by atoms with Gasteiger partial charge in [0.1, 0.15) is 0 Å². The first-order chi connectivity index (χ1) is 7.05. The van der Waals surface area contributed by atoms with Gasteiger partial charge in [0.15, 0.2) is 0 Å². The summed E-state index contributed by atoms with van der Waals surface area (Å²) in [5, 5.41) is 2.94. The molecule has 1 aliphatic heterocycles. The number of hydrogen-bond acceptors (Lipinski definition) is 1. The van der Waals surface area contributed by atoms with E-state index in [1.54, 1.807) is 0 Å². The molecule has 0 aliphatic carbocycles. The van der Waals surface area contributed by atoms with Gasteiger partial charge in [-0.25, -0.2) is 0 Å². The smallest absolute Gasteiger partial charge is 0.225 e. The van der Waals surface area contributed by atoms with E-state index in [1.807, 2.05) is 12.1 Å². The Hall–Kier alpha value is -1.31. The van der Waals surface area contributed by atoms with Gasteiger partial charge in [0.05, 0.1) is 0 Å². The Balaban J connectivity index is 2.57. The van der Waals surface area contributed by atoms with Crippen LogP contribution in [-0.4, -0.2) is 5.91 Å². The molecule has 1 aromatic carbocycles. The third-order valence-electron chi connectivity index (χ3n) is 3.43. The van der Waals surface area contributed by atoms with Crippen molar-refractivity contribution in [2.45, 2.75) is 39.0 Å². The summed E-state index contributed by atoms with van der Waals surface area (Å²) in [4.78, 5) is 11.6. The van der Waals surface area contributed by atoms with Gasteiger partial charge in [-0.15, -0.1) is 0 Å². The molecule has 0 fully saturated rings. The van der Waals surface area contributed by atoms with E-state index in [4.69, 9.17) is 0 Å². The Morgan fingerprint density at radius 1 is 1.47 bits per heavy atom. The van der Waals surface area contributed by atoms with Crippen LogP contribution in [-0.2, 0) is 10.2 Å². The number of hydrogen-bond donors (Lipinski definition) is 1. The second-order valence-corrected chi connectivity index (χ2v) is 4.69. The van der Waals surface area contributed by atoms with E-state index in [2.05, 4.69) is 32.2 Å². The van der Waals surface area contributed by atoms with Crippen molar-refractivity contribution >= 4 is 11.6 Å². The van der Waals surface area contributed by atoms with E-state index in [-0.39, 0.29) is 11.3 Å². The van der Waals surface area contributed by atoms with Gasteiger partial charge in [-0.3, -0.25) is 4.79 Å². The number of nitrogens with one attached hydrogen (secondary N) is 1. The molecule has 0 saturated carbocycles. The molecule has 0 spiro atoms. The second kappa shape index (κ2) is 3.37. The third kappa shape index (κ3) is 1.65. The molecule has 1 aliphatic rings. The summed E-state index contributed by atoms with van der Waals surface area (Å²) in [5.74, 6) is 0.135. The van der Waals surface area contributed by atoms with Crippen molar-refractivity contribution in [3.8, 4) is 0 Å². The average Bonchev–Trinajstić information content (AvgIpc) is 2.19. The van der Waals surface area contributed by atoms with Crippen LogP contribution >= 0.6 is 0 Å². The van der Waals surface area contributed by atoms with Crippen molar-refractivity contribution in [2.24, 2.45) is 0 Å². The largest absolute Gasteiger partial charge is 0.326 e. The molecule has 1 atom stereocenters. The summed E-state index contributed by atoms with van der Waals surface area (Å²) in [7, 11) is 0. The highest BCUT2D eigenvalue weighted by Crippen LogP contribution is 2.40. The molecule has 0 radical (unpaired) electrons. The SMILES string of the molecule is CCC1(C)CC(=O)Nc2ccc(C)cc21. The lowest BCUT2D eigenvalue weighted by Crippen LogP contribution is -2.34. The molecule has 1 N–H and O–H groups in total. The molecule has 1 heterocycles. The molecule has 80 valence electrons. The van der Waals surface area contributed by atoms with E-state index in [0.29, 0.717) is 6.42 Å². The molecule has 0 aromatic heterocycles. The van der Waals surface area contributed by atoms with Crippen molar-refractivity contribution < 1.29 is 4.79 Å². The minimum Gasteiger partial charge on any atom is -0.326 e. The fourth-order valence-corrected chi connectivity index (χ4v) is 2.23. The van der Waals surface area contributed by atoms with Crippen molar-refractivity contribution in [2.75, 3.05) is 5.32 Å². The summed E-state index contributed by atoms with van der Waals surface area (Å²) in [6.45, 7) is 6.40. The zero-order chi connectivity index (χ0) is 11.1. The van der Waals surface area contributed by atoms with Crippen LogP contribution in [0.5, 0.6) is 0 Å². The summed E-state index contributed by atoms with van der Waals surface area (Å²) in [6, 6.07) is 6.24. The Morgan fingerprint density at radius 3 is 2.87 bits per heavy atom. The number of carbonyl (C=O) groups is 1. The molecule has 0 saturated heterocycles. The van der Waals surface area contributed by atoms with Gasteiger partial charge in [-0.2, -0.15) is 0 Å². The van der Waals surface area contributed by atoms with Crippen LogP contribution in [0.1, 0.15) is 37.8 Å². The van der Waals surface area contributed by atoms with Crippen LogP contribution < -0.4 is 5.32 Å². The molecule has 0 bridgehead atoms. The molecule has 15 heavy (non-hydrogen) atoms.